The van der Waals surface area contributed by atoms with E-state index < -0.39 is 18.1 Å². The van der Waals surface area contributed by atoms with Crippen LogP contribution >= 0.6 is 0 Å². The quantitative estimate of drug-likeness (QED) is 0.860. The van der Waals surface area contributed by atoms with Crippen LogP contribution < -0.4 is 5.32 Å². The third-order valence-electron chi connectivity index (χ3n) is 3.49. The van der Waals surface area contributed by atoms with Gasteiger partial charge < -0.3 is 15.2 Å². The zero-order chi connectivity index (χ0) is 16.7. The minimum atomic E-state index is -1.09. The summed E-state index contributed by atoms with van der Waals surface area (Å²) < 4.78 is 5.06. The highest BCUT2D eigenvalue weighted by molar-refractivity contribution is 5.80. The standard InChI is InChI=1S/C18H19NO4/c1-13-7-5-6-10-15(13)11-16(17(20)21)19-18(22)23-12-14-8-3-2-4-9-14/h2-10,16H,11-12H2,1H3,(H,19,22)(H,20,21)/t16-/m1/s1. The predicted octanol–water partition coefficient (Wildman–Crippen LogP) is 2.92. The molecule has 0 heterocycles. The maximum absolute atomic E-state index is 11.8. The van der Waals surface area contributed by atoms with E-state index in [-0.39, 0.29) is 13.0 Å². The summed E-state index contributed by atoms with van der Waals surface area (Å²) in [6, 6.07) is 15.7. The van der Waals surface area contributed by atoms with E-state index in [2.05, 4.69) is 5.32 Å². The van der Waals surface area contributed by atoms with Gasteiger partial charge in [0.05, 0.1) is 0 Å². The Hall–Kier alpha value is -2.82. The van der Waals surface area contributed by atoms with Crippen molar-refractivity contribution >= 4 is 12.1 Å². The molecule has 2 rings (SSSR count). The lowest BCUT2D eigenvalue weighted by Gasteiger charge is -2.16. The van der Waals surface area contributed by atoms with Gasteiger partial charge in [-0.1, -0.05) is 54.6 Å². The van der Waals surface area contributed by atoms with Crippen molar-refractivity contribution in [1.29, 1.82) is 0 Å². The molecule has 0 fully saturated rings. The summed E-state index contributed by atoms with van der Waals surface area (Å²) in [4.78, 5) is 23.2. The number of hydrogen-bond donors (Lipinski definition) is 2. The van der Waals surface area contributed by atoms with Gasteiger partial charge in [0.1, 0.15) is 12.6 Å². The van der Waals surface area contributed by atoms with Crippen LogP contribution in [0.1, 0.15) is 16.7 Å². The van der Waals surface area contributed by atoms with E-state index >= 15 is 0 Å². The number of carboxylic acids is 1. The number of ether oxygens (including phenoxy) is 1. The number of alkyl carbamates (subject to hydrolysis) is 1. The van der Waals surface area contributed by atoms with E-state index in [0.717, 1.165) is 16.7 Å². The van der Waals surface area contributed by atoms with E-state index in [4.69, 9.17) is 4.74 Å². The summed E-state index contributed by atoms with van der Waals surface area (Å²) in [5.41, 5.74) is 2.70. The lowest BCUT2D eigenvalue weighted by atomic mass is 10.0. The van der Waals surface area contributed by atoms with Crippen LogP contribution in [0.4, 0.5) is 4.79 Å². The van der Waals surface area contributed by atoms with Crippen LogP contribution in [-0.2, 0) is 22.6 Å². The lowest BCUT2D eigenvalue weighted by Crippen LogP contribution is -2.42. The first kappa shape index (κ1) is 16.5. The number of aryl methyl sites for hydroxylation is 1. The third-order valence-corrected chi connectivity index (χ3v) is 3.49. The topological polar surface area (TPSA) is 75.6 Å². The molecule has 2 aromatic carbocycles. The van der Waals surface area contributed by atoms with E-state index in [0.29, 0.717) is 0 Å². The normalized spacial score (nSPS) is 11.5. The smallest absolute Gasteiger partial charge is 0.408 e. The SMILES string of the molecule is Cc1ccccc1C[C@@H](NC(=O)OCc1ccccc1)C(=O)O. The molecule has 0 saturated heterocycles. The Morgan fingerprint density at radius 3 is 2.39 bits per heavy atom. The average molecular weight is 313 g/mol. The summed E-state index contributed by atoms with van der Waals surface area (Å²) in [6.45, 7) is 2.01. The molecule has 0 unspecified atom stereocenters. The largest absolute Gasteiger partial charge is 0.480 e. The molecule has 2 aromatic rings. The Labute approximate surface area is 134 Å². The minimum Gasteiger partial charge on any atom is -0.480 e. The molecule has 0 radical (unpaired) electrons. The molecule has 2 N–H and O–H groups in total. The van der Waals surface area contributed by atoms with Crippen LogP contribution in [0.2, 0.25) is 0 Å². The van der Waals surface area contributed by atoms with Crippen molar-refractivity contribution in [2.45, 2.75) is 26.0 Å². The lowest BCUT2D eigenvalue weighted by molar-refractivity contribution is -0.139. The highest BCUT2D eigenvalue weighted by Gasteiger charge is 2.21. The number of nitrogens with one attached hydrogen (secondary N) is 1. The van der Waals surface area contributed by atoms with Crippen LogP contribution in [0, 0.1) is 6.92 Å². The molecule has 0 aliphatic carbocycles. The predicted molar refractivity (Wildman–Crippen MR) is 86.1 cm³/mol. The summed E-state index contributed by atoms with van der Waals surface area (Å²) in [5, 5.41) is 11.7. The first-order valence-corrected chi connectivity index (χ1v) is 7.31. The molecule has 0 spiro atoms. The van der Waals surface area contributed by atoms with Gasteiger partial charge in [0.2, 0.25) is 0 Å². The van der Waals surface area contributed by atoms with E-state index in [1.54, 1.807) is 0 Å². The first-order valence-electron chi connectivity index (χ1n) is 7.31. The van der Waals surface area contributed by atoms with Crippen LogP contribution in [0.5, 0.6) is 0 Å². The Bertz CT molecular complexity index is 670. The fourth-order valence-electron chi connectivity index (χ4n) is 2.17. The molecular weight excluding hydrogens is 294 g/mol. The molecule has 0 bridgehead atoms. The summed E-state index contributed by atoms with van der Waals surface area (Å²) in [5.74, 6) is -1.09. The maximum atomic E-state index is 11.8. The Balaban J connectivity index is 1.92. The fraction of sp³-hybridized carbons (Fsp3) is 0.222. The number of amides is 1. The fourth-order valence-corrected chi connectivity index (χ4v) is 2.17. The van der Waals surface area contributed by atoms with Crippen molar-refractivity contribution < 1.29 is 19.4 Å². The number of aliphatic carboxylic acids is 1. The Morgan fingerprint density at radius 1 is 1.09 bits per heavy atom. The third kappa shape index (κ3) is 5.14. The van der Waals surface area contributed by atoms with Crippen molar-refractivity contribution in [3.8, 4) is 0 Å². The van der Waals surface area contributed by atoms with Gasteiger partial charge in [-0.3, -0.25) is 0 Å². The molecule has 1 atom stereocenters. The van der Waals surface area contributed by atoms with E-state index in [1.807, 2.05) is 61.5 Å². The number of carbonyl (C=O) groups is 2. The number of rotatable bonds is 6. The van der Waals surface area contributed by atoms with Gasteiger partial charge in [-0.2, -0.15) is 0 Å². The van der Waals surface area contributed by atoms with Gasteiger partial charge in [-0.15, -0.1) is 0 Å². The van der Waals surface area contributed by atoms with Gasteiger partial charge in [0.15, 0.2) is 0 Å². The van der Waals surface area contributed by atoms with Crippen molar-refractivity contribution in [2.24, 2.45) is 0 Å². The van der Waals surface area contributed by atoms with Gasteiger partial charge in [0.25, 0.3) is 0 Å². The molecule has 5 heteroatoms. The maximum Gasteiger partial charge on any atom is 0.408 e. The molecule has 0 saturated carbocycles. The molecular formula is C18H19NO4. The van der Waals surface area contributed by atoms with Crippen LogP contribution in [0.25, 0.3) is 0 Å². The molecule has 0 aliphatic heterocycles. The Kier molecular flexibility index (Phi) is 5.74. The van der Waals surface area contributed by atoms with Gasteiger partial charge in [-0.05, 0) is 23.6 Å². The molecule has 1 amide bonds. The van der Waals surface area contributed by atoms with Crippen molar-refractivity contribution in [2.75, 3.05) is 0 Å². The summed E-state index contributed by atoms with van der Waals surface area (Å²) in [7, 11) is 0. The molecule has 23 heavy (non-hydrogen) atoms. The zero-order valence-electron chi connectivity index (χ0n) is 12.9. The summed E-state index contributed by atoms with van der Waals surface area (Å²) in [6.07, 6.45) is -0.530. The van der Waals surface area contributed by atoms with E-state index in [1.165, 1.54) is 0 Å². The van der Waals surface area contributed by atoms with Crippen molar-refractivity contribution in [3.63, 3.8) is 0 Å². The minimum absolute atomic E-state index is 0.101. The van der Waals surface area contributed by atoms with E-state index in [9.17, 15) is 14.7 Å². The zero-order valence-corrected chi connectivity index (χ0v) is 12.9. The second kappa shape index (κ2) is 7.98. The van der Waals surface area contributed by atoms with Crippen molar-refractivity contribution in [3.05, 3.63) is 71.3 Å². The Morgan fingerprint density at radius 2 is 1.74 bits per heavy atom. The van der Waals surface area contributed by atoms with Crippen LogP contribution in [0.15, 0.2) is 54.6 Å². The molecule has 0 aliphatic rings. The van der Waals surface area contributed by atoms with Gasteiger partial charge >= 0.3 is 12.1 Å². The van der Waals surface area contributed by atoms with Gasteiger partial charge in [-0.25, -0.2) is 9.59 Å². The van der Waals surface area contributed by atoms with Crippen LogP contribution in [0.3, 0.4) is 0 Å². The molecule has 120 valence electrons. The monoisotopic (exact) mass is 313 g/mol. The molecule has 0 aromatic heterocycles. The first-order chi connectivity index (χ1) is 11.1. The number of carboxylic acid groups (broad SMARTS) is 1. The number of carbonyl (C=O) groups excluding carboxylic acids is 1. The van der Waals surface area contributed by atoms with Gasteiger partial charge in [0, 0.05) is 6.42 Å². The highest BCUT2D eigenvalue weighted by Crippen LogP contribution is 2.10. The molecule has 5 nitrogen and oxygen atoms in total. The number of benzene rings is 2. The van der Waals surface area contributed by atoms with Crippen molar-refractivity contribution in [1.82, 2.24) is 5.32 Å². The second-order valence-electron chi connectivity index (χ2n) is 5.23. The average Bonchev–Trinajstić information content (AvgIpc) is 2.55. The number of hydrogen-bond acceptors (Lipinski definition) is 3. The second-order valence-corrected chi connectivity index (χ2v) is 5.23. The summed E-state index contributed by atoms with van der Waals surface area (Å²) >= 11 is 0. The van der Waals surface area contributed by atoms with Crippen LogP contribution in [-0.4, -0.2) is 23.2 Å². The highest BCUT2D eigenvalue weighted by atomic mass is 16.5.